The summed E-state index contributed by atoms with van der Waals surface area (Å²) in [5, 5.41) is 10.3. The van der Waals surface area contributed by atoms with Gasteiger partial charge in [0.25, 0.3) is 5.70 Å². The summed E-state index contributed by atoms with van der Waals surface area (Å²) in [6.07, 6.45) is -1.28. The number of amides is 2. The normalized spacial score (nSPS) is 12.9. The third-order valence-electron chi connectivity index (χ3n) is 10.5. The van der Waals surface area contributed by atoms with Gasteiger partial charge in [-0.1, -0.05) is 137 Å². The topological polar surface area (TPSA) is 140 Å². The first-order valence-electron chi connectivity index (χ1n) is 22.2. The number of anilines is 2. The maximum absolute atomic E-state index is 14.0. The van der Waals surface area contributed by atoms with E-state index in [4.69, 9.17) is 25.5 Å². The number of hydrogen-bond donors (Lipinski definition) is 0. The van der Waals surface area contributed by atoms with Crippen LogP contribution in [0.2, 0.25) is 0 Å². The maximum atomic E-state index is 14.0. The number of nitriles is 1. The van der Waals surface area contributed by atoms with E-state index in [1.54, 1.807) is 0 Å². The number of unbranched alkanes of at least 4 members (excludes halogenated alkanes) is 10. The van der Waals surface area contributed by atoms with E-state index in [9.17, 15) is 50.8 Å². The fraction of sp³-hybridized carbons (Fsp3) is 0.417. The van der Waals surface area contributed by atoms with Crippen molar-refractivity contribution in [2.75, 3.05) is 37.1 Å². The second kappa shape index (κ2) is 25.6. The number of carbonyl (C=O) groups excluding carboxylic acids is 4. The molecule has 0 spiro atoms. The summed E-state index contributed by atoms with van der Waals surface area (Å²) >= 11 is 2.99. The maximum Gasteiger partial charge on any atom is 0.419 e. The number of ether oxygens (including phenoxy) is 4. The lowest BCUT2D eigenvalue weighted by Crippen LogP contribution is -2.30. The average Bonchev–Trinajstić information content (AvgIpc) is 3.97. The Morgan fingerprint density at radius 3 is 1.39 bits per heavy atom. The van der Waals surface area contributed by atoms with Crippen LogP contribution in [0.25, 0.3) is 4.85 Å². The second-order valence-corrected chi connectivity index (χ2v) is 20.3. The molecule has 22 heteroatoms. The number of thioether (sulfide) groups is 4. The highest BCUT2D eigenvalue weighted by Crippen LogP contribution is 2.68. The molecular formula is C48H48F6N4O8S4. The lowest BCUT2D eigenvalue weighted by Gasteiger charge is -2.22. The molecule has 2 aliphatic rings. The van der Waals surface area contributed by atoms with Gasteiger partial charge in [-0.05, 0) is 49.2 Å². The van der Waals surface area contributed by atoms with Crippen molar-refractivity contribution in [3.63, 3.8) is 0 Å². The molecule has 0 bridgehead atoms. The van der Waals surface area contributed by atoms with Gasteiger partial charge in [0.1, 0.15) is 6.07 Å². The average molecular weight is 1050 g/mol. The van der Waals surface area contributed by atoms with Crippen molar-refractivity contribution in [3.05, 3.63) is 90.8 Å². The first kappa shape index (κ1) is 55.5. The van der Waals surface area contributed by atoms with Crippen LogP contribution in [0.1, 0.15) is 102 Å². The summed E-state index contributed by atoms with van der Waals surface area (Å²) in [7, 11) is 2.31. The molecule has 70 heavy (non-hydrogen) atoms. The molecule has 12 nitrogen and oxygen atoms in total. The molecule has 2 amide bonds. The summed E-state index contributed by atoms with van der Waals surface area (Å²) in [5.41, 5.74) is -3.49. The van der Waals surface area contributed by atoms with Gasteiger partial charge in [0.2, 0.25) is 0 Å². The molecular weight excluding hydrogens is 1000 g/mol. The number of halogens is 6. The molecule has 0 N–H and O–H groups in total. The minimum atomic E-state index is -4.76. The van der Waals surface area contributed by atoms with Gasteiger partial charge in [-0.3, -0.25) is 14.6 Å². The first-order chi connectivity index (χ1) is 33.3. The molecule has 0 aromatic heterocycles. The molecule has 0 fully saturated rings. The van der Waals surface area contributed by atoms with Crippen LogP contribution in [-0.2, 0) is 31.4 Å². The predicted octanol–water partition coefficient (Wildman–Crippen LogP) is 15.0. The van der Waals surface area contributed by atoms with E-state index in [2.05, 4.69) is 18.7 Å². The highest BCUT2D eigenvalue weighted by molar-refractivity contribution is 8.26. The Morgan fingerprint density at radius 2 is 1.00 bits per heavy atom. The summed E-state index contributed by atoms with van der Waals surface area (Å²) in [5.74, 6) is -2.56. The predicted molar refractivity (Wildman–Crippen MR) is 257 cm³/mol. The zero-order chi connectivity index (χ0) is 51.2. The van der Waals surface area contributed by atoms with Crippen molar-refractivity contribution in [2.24, 2.45) is 0 Å². The number of benzene rings is 3. The van der Waals surface area contributed by atoms with E-state index in [1.807, 2.05) is 6.07 Å². The molecule has 374 valence electrons. The van der Waals surface area contributed by atoms with E-state index < -0.39 is 58.9 Å². The number of fused-ring (bicyclic) bond motifs is 2. The van der Waals surface area contributed by atoms with Crippen molar-refractivity contribution >= 4 is 82.5 Å². The van der Waals surface area contributed by atoms with Crippen molar-refractivity contribution in [3.8, 4) is 17.6 Å². The third kappa shape index (κ3) is 14.4. The number of carbonyl (C=O) groups is 4. The van der Waals surface area contributed by atoms with Crippen LogP contribution in [-0.4, -0.2) is 51.4 Å². The standard InChI is InChI=1S/C48H48F6N4O8S4/c1-6-8-10-12-14-16-24-63-41(59)33(28-55)43-67-37-35(65-45(61)57(4)31-22-18-20-29(26-31)47(49,50)51)39-40(70-44(69-39)34(56-3)42(60)64-25-17-15-13-11-9-7-2)36(38(37)68-43)66-46(62)58(5)32-23-19-21-30(27-32)48(52,53)54/h18-23,26-27H,6-17,24-25H2,1-2,4-5H3. The quantitative estimate of drug-likeness (QED) is 0.0265. The molecule has 0 unspecified atom stereocenters. The smallest absolute Gasteiger partial charge is 0.419 e. The number of rotatable bonds is 20. The molecule has 0 radical (unpaired) electrons. The van der Waals surface area contributed by atoms with E-state index >= 15 is 0 Å². The van der Waals surface area contributed by atoms with E-state index in [1.165, 1.54) is 12.1 Å². The molecule has 0 saturated carbocycles. The van der Waals surface area contributed by atoms with Crippen LogP contribution < -0.4 is 19.3 Å². The third-order valence-corrected chi connectivity index (χ3v) is 15.7. The monoisotopic (exact) mass is 1050 g/mol. The number of alkyl halides is 6. The minimum absolute atomic E-state index is 0.00262. The number of esters is 2. The van der Waals surface area contributed by atoms with Crippen molar-refractivity contribution in [1.29, 1.82) is 5.26 Å². The molecule has 3 aromatic carbocycles. The number of nitrogens with zero attached hydrogens (tertiary/aromatic N) is 4. The molecule has 3 aromatic rings. The molecule has 2 heterocycles. The fourth-order valence-electron chi connectivity index (χ4n) is 6.67. The molecule has 5 rings (SSSR count). The number of hydrogen-bond acceptors (Lipinski definition) is 13. The zero-order valence-electron chi connectivity index (χ0n) is 38.5. The van der Waals surface area contributed by atoms with Crippen LogP contribution in [0.4, 0.5) is 47.3 Å². The van der Waals surface area contributed by atoms with Crippen LogP contribution in [0, 0.1) is 17.9 Å². The Bertz CT molecular complexity index is 2380. The fourth-order valence-corrected chi connectivity index (χ4v) is 12.0. The highest BCUT2D eigenvalue weighted by Gasteiger charge is 2.42. The molecule has 0 aliphatic carbocycles. The van der Waals surface area contributed by atoms with Gasteiger partial charge in [-0.2, -0.15) is 31.6 Å². The van der Waals surface area contributed by atoms with Crippen LogP contribution in [0.5, 0.6) is 11.5 Å². The lowest BCUT2D eigenvalue weighted by molar-refractivity contribution is -0.139. The van der Waals surface area contributed by atoms with Gasteiger partial charge < -0.3 is 18.9 Å². The van der Waals surface area contributed by atoms with Gasteiger partial charge in [0.15, 0.2) is 17.1 Å². The van der Waals surface area contributed by atoms with Crippen LogP contribution >= 0.6 is 47.0 Å². The van der Waals surface area contributed by atoms with E-state index in [0.29, 0.717) is 12.8 Å². The van der Waals surface area contributed by atoms with Gasteiger partial charge in [0.05, 0.1) is 59.0 Å². The SMILES string of the molecule is [C-]#[N+]C(C(=O)OCCCCCCCC)=C1Sc2c(OC(=O)N(C)c3cccc(C(F)(F)F)c3)c3c(c(OC(=O)N(C)c4cccc(C(F)(F)F)c4)c2S1)SC(=C(C#N)C(=O)OCCCCCCCC)S3. The zero-order valence-corrected chi connectivity index (χ0v) is 41.7. The summed E-state index contributed by atoms with van der Waals surface area (Å²) in [6, 6.07) is 9.61. The Morgan fingerprint density at radius 1 is 0.614 bits per heavy atom. The summed E-state index contributed by atoms with van der Waals surface area (Å²) < 4.78 is 105. The Labute approximate surface area is 418 Å². The van der Waals surface area contributed by atoms with Crippen molar-refractivity contribution in [2.45, 2.75) is 123 Å². The largest absolute Gasteiger partial charge is 0.471 e. The first-order valence-corrected chi connectivity index (χ1v) is 25.4. The summed E-state index contributed by atoms with van der Waals surface area (Å²) in [6.45, 7) is 12.2. The van der Waals surface area contributed by atoms with Gasteiger partial charge >= 0.3 is 36.5 Å². The molecule has 2 aliphatic heterocycles. The molecule has 0 saturated heterocycles. The Balaban J connectivity index is 1.62. The Kier molecular flexibility index (Phi) is 20.3. The molecule has 0 atom stereocenters. The second-order valence-electron chi connectivity index (χ2n) is 15.7. The van der Waals surface area contributed by atoms with Crippen LogP contribution in [0.15, 0.2) is 87.9 Å². The van der Waals surface area contributed by atoms with E-state index in [0.717, 1.165) is 172 Å². The lowest BCUT2D eigenvalue weighted by atomic mass is 10.1. The minimum Gasteiger partial charge on any atom is -0.471 e. The van der Waals surface area contributed by atoms with Crippen molar-refractivity contribution in [1.82, 2.24) is 0 Å². The van der Waals surface area contributed by atoms with Crippen LogP contribution in [0.3, 0.4) is 0 Å². The Hall–Kier alpha value is -5.42. The highest BCUT2D eigenvalue weighted by atomic mass is 32.2. The van der Waals surface area contributed by atoms with Gasteiger partial charge in [-0.25, -0.2) is 19.2 Å². The van der Waals surface area contributed by atoms with Gasteiger partial charge in [-0.15, -0.1) is 0 Å². The summed E-state index contributed by atoms with van der Waals surface area (Å²) in [4.78, 5) is 60.0. The van der Waals surface area contributed by atoms with Crippen molar-refractivity contribution < 1.29 is 64.5 Å². The van der Waals surface area contributed by atoms with Gasteiger partial charge in [0, 0.05) is 25.5 Å². The van der Waals surface area contributed by atoms with E-state index in [-0.39, 0.29) is 64.1 Å².